The summed E-state index contributed by atoms with van der Waals surface area (Å²) in [6, 6.07) is 2.37. The van der Waals surface area contributed by atoms with Crippen LogP contribution in [0.15, 0.2) is 17.2 Å². The minimum Gasteiger partial charge on any atom is -0.363 e. The summed E-state index contributed by atoms with van der Waals surface area (Å²) in [6.45, 7) is 5.87. The molecule has 1 aromatic rings. The molecule has 0 unspecified atom stereocenters. The summed E-state index contributed by atoms with van der Waals surface area (Å²) in [7, 11) is -3.35. The maximum atomic E-state index is 12.6. The van der Waals surface area contributed by atoms with Gasteiger partial charge in [0, 0.05) is 37.6 Å². The summed E-state index contributed by atoms with van der Waals surface area (Å²) in [6.07, 6.45) is 5.73. The normalized spacial score (nSPS) is 15.9. The topological polar surface area (TPSA) is 65.2 Å². The second kappa shape index (κ2) is 6.74. The van der Waals surface area contributed by atoms with Crippen molar-refractivity contribution in [2.75, 3.05) is 13.1 Å². The molecule has 0 aliphatic heterocycles. The van der Waals surface area contributed by atoms with E-state index in [-0.39, 0.29) is 0 Å². The molecule has 1 saturated carbocycles. The Hall–Kier alpha value is -0.850. The molecule has 2 rings (SSSR count). The maximum Gasteiger partial charge on any atom is 0.244 e. The summed E-state index contributed by atoms with van der Waals surface area (Å²) in [5.41, 5.74) is 0.934. The predicted molar refractivity (Wildman–Crippen MR) is 80.0 cm³/mol. The maximum absolute atomic E-state index is 12.6. The number of rotatable bonds is 9. The van der Waals surface area contributed by atoms with E-state index < -0.39 is 10.0 Å². The Bertz CT molecular complexity index is 514. The molecule has 6 heteroatoms. The number of nitrogens with zero attached hydrogens (tertiary/aromatic N) is 1. The Kier molecular flexibility index (Phi) is 5.23. The van der Waals surface area contributed by atoms with E-state index in [0.29, 0.717) is 30.6 Å². The summed E-state index contributed by atoms with van der Waals surface area (Å²) >= 11 is 0. The summed E-state index contributed by atoms with van der Waals surface area (Å²) in [5.74, 6) is 0. The number of sulfonamides is 1. The molecule has 0 atom stereocenters. The van der Waals surface area contributed by atoms with Gasteiger partial charge in [-0.05, 0) is 31.7 Å². The number of aromatic nitrogens is 1. The van der Waals surface area contributed by atoms with Crippen molar-refractivity contribution in [3.8, 4) is 0 Å². The molecule has 0 aromatic carbocycles. The molecule has 1 aliphatic rings. The van der Waals surface area contributed by atoms with Crippen LogP contribution in [0.25, 0.3) is 0 Å². The Morgan fingerprint density at radius 1 is 1.30 bits per heavy atom. The van der Waals surface area contributed by atoms with E-state index in [0.717, 1.165) is 18.5 Å². The van der Waals surface area contributed by atoms with E-state index in [1.807, 2.05) is 13.8 Å². The Morgan fingerprint density at radius 2 is 1.95 bits per heavy atom. The van der Waals surface area contributed by atoms with Gasteiger partial charge < -0.3 is 10.3 Å². The molecule has 0 amide bonds. The highest BCUT2D eigenvalue weighted by molar-refractivity contribution is 7.89. The van der Waals surface area contributed by atoms with E-state index >= 15 is 0 Å². The molecule has 2 N–H and O–H groups in total. The van der Waals surface area contributed by atoms with Crippen molar-refractivity contribution < 1.29 is 8.42 Å². The molecule has 0 saturated heterocycles. The van der Waals surface area contributed by atoms with Crippen molar-refractivity contribution in [1.82, 2.24) is 14.6 Å². The smallest absolute Gasteiger partial charge is 0.244 e. The molecular formula is C14H25N3O2S. The van der Waals surface area contributed by atoms with Crippen molar-refractivity contribution in [3.05, 3.63) is 18.0 Å². The van der Waals surface area contributed by atoms with E-state index in [1.165, 1.54) is 12.8 Å². The van der Waals surface area contributed by atoms with Crippen molar-refractivity contribution in [2.45, 2.75) is 57.0 Å². The zero-order valence-electron chi connectivity index (χ0n) is 12.4. The van der Waals surface area contributed by atoms with Crippen LogP contribution in [0.4, 0.5) is 0 Å². The fourth-order valence-electron chi connectivity index (χ4n) is 2.21. The molecule has 1 aliphatic carbocycles. The Morgan fingerprint density at radius 3 is 2.50 bits per heavy atom. The van der Waals surface area contributed by atoms with Gasteiger partial charge in [0.15, 0.2) is 0 Å². The lowest BCUT2D eigenvalue weighted by Gasteiger charge is -2.19. The molecule has 1 fully saturated rings. The number of aromatic amines is 1. The van der Waals surface area contributed by atoms with Crippen molar-refractivity contribution in [1.29, 1.82) is 0 Å². The van der Waals surface area contributed by atoms with Crippen LogP contribution in [0.2, 0.25) is 0 Å². The monoisotopic (exact) mass is 299 g/mol. The van der Waals surface area contributed by atoms with Crippen LogP contribution in [-0.4, -0.2) is 36.8 Å². The molecule has 1 heterocycles. The molecule has 0 spiro atoms. The minimum atomic E-state index is -3.35. The van der Waals surface area contributed by atoms with Gasteiger partial charge in [0.2, 0.25) is 10.0 Å². The minimum absolute atomic E-state index is 0.381. The van der Waals surface area contributed by atoms with Crippen LogP contribution in [0.5, 0.6) is 0 Å². The number of hydrogen-bond acceptors (Lipinski definition) is 3. The van der Waals surface area contributed by atoms with E-state index in [1.54, 1.807) is 16.6 Å². The van der Waals surface area contributed by atoms with E-state index in [4.69, 9.17) is 0 Å². The third-order valence-corrected chi connectivity index (χ3v) is 5.34. The highest BCUT2D eigenvalue weighted by atomic mass is 32.2. The second-order valence-corrected chi connectivity index (χ2v) is 7.36. The van der Waals surface area contributed by atoms with Crippen LogP contribution in [-0.2, 0) is 16.6 Å². The SMILES string of the molecule is CCCN(CCC)S(=O)(=O)c1c[nH]c(CNC2CC2)c1. The zero-order chi connectivity index (χ0) is 14.6. The molecule has 0 radical (unpaired) electrons. The fraction of sp³-hybridized carbons (Fsp3) is 0.714. The average Bonchev–Trinajstić information content (AvgIpc) is 3.12. The lowest BCUT2D eigenvalue weighted by atomic mass is 10.4. The van der Waals surface area contributed by atoms with Gasteiger partial charge in [0.25, 0.3) is 0 Å². The number of hydrogen-bond donors (Lipinski definition) is 2. The average molecular weight is 299 g/mol. The molecule has 20 heavy (non-hydrogen) atoms. The molecule has 1 aromatic heterocycles. The number of H-pyrrole nitrogens is 1. The highest BCUT2D eigenvalue weighted by Crippen LogP contribution is 2.21. The standard InChI is InChI=1S/C14H25N3O2S/c1-3-7-17(8-4-2)20(18,19)14-9-13(16-11-14)10-15-12-5-6-12/h9,11-12,15-16H,3-8,10H2,1-2H3. The summed E-state index contributed by atoms with van der Waals surface area (Å²) in [4.78, 5) is 3.45. The Labute approximate surface area is 121 Å². The number of nitrogens with one attached hydrogen (secondary N) is 2. The highest BCUT2D eigenvalue weighted by Gasteiger charge is 2.25. The van der Waals surface area contributed by atoms with Crippen molar-refractivity contribution in [3.63, 3.8) is 0 Å². The third kappa shape index (κ3) is 3.84. The first-order chi connectivity index (χ1) is 9.57. The molecule has 5 nitrogen and oxygen atoms in total. The predicted octanol–water partition coefficient (Wildman–Crippen LogP) is 2.08. The van der Waals surface area contributed by atoms with E-state index in [9.17, 15) is 8.42 Å². The van der Waals surface area contributed by atoms with Gasteiger partial charge in [0.05, 0.1) is 4.90 Å². The molecule has 114 valence electrons. The van der Waals surface area contributed by atoms with Crippen molar-refractivity contribution in [2.24, 2.45) is 0 Å². The summed E-state index contributed by atoms with van der Waals surface area (Å²) < 4.78 is 26.7. The largest absolute Gasteiger partial charge is 0.363 e. The van der Waals surface area contributed by atoms with E-state index in [2.05, 4.69) is 10.3 Å². The molecular weight excluding hydrogens is 274 g/mol. The molecule has 0 bridgehead atoms. The van der Waals surface area contributed by atoms with Crippen molar-refractivity contribution >= 4 is 10.0 Å². The first-order valence-electron chi connectivity index (χ1n) is 7.48. The first kappa shape index (κ1) is 15.5. The quantitative estimate of drug-likeness (QED) is 0.733. The zero-order valence-corrected chi connectivity index (χ0v) is 13.2. The van der Waals surface area contributed by atoms with Crippen LogP contribution in [0.3, 0.4) is 0 Å². The second-order valence-electron chi connectivity index (χ2n) is 5.42. The van der Waals surface area contributed by atoms with Gasteiger partial charge in [-0.15, -0.1) is 0 Å². The van der Waals surface area contributed by atoms with Gasteiger partial charge in [-0.3, -0.25) is 0 Å². The fourth-order valence-corrected chi connectivity index (χ4v) is 3.85. The van der Waals surface area contributed by atoms with Crippen LogP contribution >= 0.6 is 0 Å². The lowest BCUT2D eigenvalue weighted by Crippen LogP contribution is -2.32. The third-order valence-electron chi connectivity index (χ3n) is 3.46. The Balaban J connectivity index is 2.06. The summed E-state index contributed by atoms with van der Waals surface area (Å²) in [5, 5.41) is 3.38. The van der Waals surface area contributed by atoms with Gasteiger partial charge in [-0.25, -0.2) is 8.42 Å². The van der Waals surface area contributed by atoms with Gasteiger partial charge in [-0.2, -0.15) is 4.31 Å². The van der Waals surface area contributed by atoms with Crippen LogP contribution in [0.1, 0.15) is 45.2 Å². The van der Waals surface area contributed by atoms with Gasteiger partial charge in [-0.1, -0.05) is 13.8 Å². The van der Waals surface area contributed by atoms with Crippen LogP contribution in [0, 0.1) is 0 Å². The van der Waals surface area contributed by atoms with Crippen LogP contribution < -0.4 is 5.32 Å². The van der Waals surface area contributed by atoms with Gasteiger partial charge in [0.1, 0.15) is 0 Å². The first-order valence-corrected chi connectivity index (χ1v) is 8.92. The lowest BCUT2D eigenvalue weighted by molar-refractivity contribution is 0.410. The van der Waals surface area contributed by atoms with Gasteiger partial charge >= 0.3 is 0 Å².